The van der Waals surface area contributed by atoms with E-state index in [9.17, 15) is 0 Å². The highest BCUT2D eigenvalue weighted by Crippen LogP contribution is 2.27. The van der Waals surface area contributed by atoms with Crippen LogP contribution >= 0.6 is 11.3 Å². The number of nitrogens with one attached hydrogen (secondary N) is 1. The standard InChI is InChI=1S/C13H18N4S/c1-3-5-10(11-6-4-7-18-11)16-12-9(2)8-15-13(14)17-12/h4,6-8,10H,3,5H2,1-2H3,(H3,14,15,16,17). The zero-order valence-electron chi connectivity index (χ0n) is 10.7. The van der Waals surface area contributed by atoms with Gasteiger partial charge >= 0.3 is 0 Å². The first kappa shape index (κ1) is 12.8. The molecule has 0 fully saturated rings. The molecule has 0 radical (unpaired) electrons. The van der Waals surface area contributed by atoms with Gasteiger partial charge in [0.1, 0.15) is 5.82 Å². The van der Waals surface area contributed by atoms with E-state index in [0.29, 0.717) is 12.0 Å². The Morgan fingerprint density at radius 2 is 2.33 bits per heavy atom. The summed E-state index contributed by atoms with van der Waals surface area (Å²) in [6, 6.07) is 4.52. The number of hydrogen-bond acceptors (Lipinski definition) is 5. The lowest BCUT2D eigenvalue weighted by atomic mass is 10.1. The molecular formula is C13H18N4S. The molecule has 2 aromatic rings. The lowest BCUT2D eigenvalue weighted by Gasteiger charge is -2.18. The Morgan fingerprint density at radius 3 is 3.00 bits per heavy atom. The Morgan fingerprint density at radius 1 is 1.50 bits per heavy atom. The first-order chi connectivity index (χ1) is 8.70. The highest BCUT2D eigenvalue weighted by molar-refractivity contribution is 7.10. The second-order valence-electron chi connectivity index (χ2n) is 4.26. The van der Waals surface area contributed by atoms with Gasteiger partial charge in [0.2, 0.25) is 5.95 Å². The Bertz CT molecular complexity index is 496. The smallest absolute Gasteiger partial charge is 0.221 e. The maximum atomic E-state index is 5.64. The van der Waals surface area contributed by atoms with Crippen molar-refractivity contribution in [3.05, 3.63) is 34.2 Å². The van der Waals surface area contributed by atoms with Crippen LogP contribution in [0.3, 0.4) is 0 Å². The van der Waals surface area contributed by atoms with E-state index in [4.69, 9.17) is 5.73 Å². The van der Waals surface area contributed by atoms with E-state index in [-0.39, 0.29) is 0 Å². The molecule has 0 aliphatic rings. The molecule has 0 amide bonds. The number of nitrogens with zero attached hydrogens (tertiary/aromatic N) is 2. The fraction of sp³-hybridized carbons (Fsp3) is 0.385. The molecule has 0 spiro atoms. The topological polar surface area (TPSA) is 63.8 Å². The zero-order chi connectivity index (χ0) is 13.0. The first-order valence-corrected chi connectivity index (χ1v) is 6.97. The molecule has 3 N–H and O–H groups in total. The number of hydrogen-bond donors (Lipinski definition) is 2. The molecule has 4 nitrogen and oxygen atoms in total. The summed E-state index contributed by atoms with van der Waals surface area (Å²) in [4.78, 5) is 9.58. The van der Waals surface area contributed by atoms with Crippen molar-refractivity contribution in [2.75, 3.05) is 11.1 Å². The lowest BCUT2D eigenvalue weighted by Crippen LogP contribution is -2.12. The van der Waals surface area contributed by atoms with Crippen LogP contribution in [0.25, 0.3) is 0 Å². The highest BCUT2D eigenvalue weighted by Gasteiger charge is 2.13. The third kappa shape index (κ3) is 2.98. The average molecular weight is 262 g/mol. The van der Waals surface area contributed by atoms with Gasteiger partial charge in [-0.05, 0) is 24.8 Å². The largest absolute Gasteiger partial charge is 0.368 e. The average Bonchev–Trinajstić information content (AvgIpc) is 2.87. The Balaban J connectivity index is 2.21. The van der Waals surface area contributed by atoms with Crippen LogP contribution in [0.4, 0.5) is 11.8 Å². The first-order valence-electron chi connectivity index (χ1n) is 6.09. The van der Waals surface area contributed by atoms with Crippen LogP contribution in [-0.2, 0) is 0 Å². The number of thiophene rings is 1. The van der Waals surface area contributed by atoms with E-state index >= 15 is 0 Å². The van der Waals surface area contributed by atoms with Gasteiger partial charge in [-0.15, -0.1) is 11.3 Å². The quantitative estimate of drug-likeness (QED) is 0.867. The van der Waals surface area contributed by atoms with E-state index in [1.807, 2.05) is 6.92 Å². The Kier molecular flexibility index (Phi) is 4.15. The van der Waals surface area contributed by atoms with Crippen molar-refractivity contribution in [2.45, 2.75) is 32.7 Å². The summed E-state index contributed by atoms with van der Waals surface area (Å²) in [5, 5.41) is 5.57. The lowest BCUT2D eigenvalue weighted by molar-refractivity contribution is 0.683. The SMILES string of the molecule is CCCC(Nc1nc(N)ncc1C)c1cccs1. The number of aryl methyl sites for hydroxylation is 1. The predicted molar refractivity (Wildman–Crippen MR) is 76.8 cm³/mol. The summed E-state index contributed by atoms with van der Waals surface area (Å²) in [6.45, 7) is 4.17. The second kappa shape index (κ2) is 5.82. The molecule has 0 saturated carbocycles. The summed E-state index contributed by atoms with van der Waals surface area (Å²) >= 11 is 1.76. The number of anilines is 2. The number of nitrogen functional groups attached to an aromatic ring is 1. The van der Waals surface area contributed by atoms with Crippen molar-refractivity contribution in [1.82, 2.24) is 9.97 Å². The van der Waals surface area contributed by atoms with E-state index in [1.165, 1.54) is 4.88 Å². The van der Waals surface area contributed by atoms with Gasteiger partial charge in [-0.1, -0.05) is 19.4 Å². The maximum Gasteiger partial charge on any atom is 0.221 e. The van der Waals surface area contributed by atoms with Crippen LogP contribution in [0.2, 0.25) is 0 Å². The van der Waals surface area contributed by atoms with Gasteiger partial charge in [0.15, 0.2) is 0 Å². The van der Waals surface area contributed by atoms with Gasteiger partial charge in [-0.3, -0.25) is 0 Å². The second-order valence-corrected chi connectivity index (χ2v) is 5.24. The third-order valence-corrected chi connectivity index (χ3v) is 3.75. The van der Waals surface area contributed by atoms with Gasteiger partial charge in [-0.25, -0.2) is 4.98 Å². The molecule has 96 valence electrons. The van der Waals surface area contributed by atoms with Crippen LogP contribution in [0.15, 0.2) is 23.7 Å². The summed E-state index contributed by atoms with van der Waals surface area (Å²) < 4.78 is 0. The molecule has 0 aliphatic heterocycles. The Hall–Kier alpha value is -1.62. The molecule has 0 saturated heterocycles. The van der Waals surface area contributed by atoms with Gasteiger partial charge in [-0.2, -0.15) is 4.98 Å². The van der Waals surface area contributed by atoms with Crippen molar-refractivity contribution in [1.29, 1.82) is 0 Å². The minimum atomic E-state index is 0.294. The minimum Gasteiger partial charge on any atom is -0.368 e. The molecule has 2 aromatic heterocycles. The third-order valence-electron chi connectivity index (χ3n) is 2.77. The number of aromatic nitrogens is 2. The molecule has 1 unspecified atom stereocenters. The Labute approximate surface area is 111 Å². The van der Waals surface area contributed by atoms with Gasteiger partial charge in [0.25, 0.3) is 0 Å². The van der Waals surface area contributed by atoms with Crippen LogP contribution in [0.1, 0.15) is 36.2 Å². The molecule has 0 aromatic carbocycles. The van der Waals surface area contributed by atoms with E-state index in [1.54, 1.807) is 17.5 Å². The molecule has 18 heavy (non-hydrogen) atoms. The van der Waals surface area contributed by atoms with Gasteiger partial charge < -0.3 is 11.1 Å². The van der Waals surface area contributed by atoms with Crippen molar-refractivity contribution in [2.24, 2.45) is 0 Å². The van der Waals surface area contributed by atoms with Gasteiger partial charge in [0.05, 0.1) is 6.04 Å². The molecule has 0 bridgehead atoms. The predicted octanol–water partition coefficient (Wildman–Crippen LogP) is 3.38. The van der Waals surface area contributed by atoms with Crippen molar-refractivity contribution >= 4 is 23.1 Å². The molecule has 1 atom stereocenters. The minimum absolute atomic E-state index is 0.294. The van der Waals surface area contributed by atoms with Gasteiger partial charge in [0, 0.05) is 16.6 Å². The fourth-order valence-corrected chi connectivity index (χ4v) is 2.64. The normalized spacial score (nSPS) is 12.3. The van der Waals surface area contributed by atoms with Crippen molar-refractivity contribution in [3.8, 4) is 0 Å². The summed E-state index contributed by atoms with van der Waals surface area (Å²) in [7, 11) is 0. The van der Waals surface area contributed by atoms with E-state index < -0.39 is 0 Å². The van der Waals surface area contributed by atoms with Crippen LogP contribution in [-0.4, -0.2) is 9.97 Å². The molecule has 2 rings (SSSR count). The summed E-state index contributed by atoms with van der Waals surface area (Å²) in [5.41, 5.74) is 6.65. The number of rotatable bonds is 5. The van der Waals surface area contributed by atoms with Crippen LogP contribution in [0.5, 0.6) is 0 Å². The van der Waals surface area contributed by atoms with Crippen LogP contribution in [0, 0.1) is 6.92 Å². The van der Waals surface area contributed by atoms with E-state index in [0.717, 1.165) is 24.2 Å². The summed E-state index contributed by atoms with van der Waals surface area (Å²) in [5.74, 6) is 1.14. The highest BCUT2D eigenvalue weighted by atomic mass is 32.1. The van der Waals surface area contributed by atoms with Crippen LogP contribution < -0.4 is 11.1 Å². The molecule has 5 heteroatoms. The molecular weight excluding hydrogens is 244 g/mol. The zero-order valence-corrected chi connectivity index (χ0v) is 11.5. The summed E-state index contributed by atoms with van der Waals surface area (Å²) in [6.07, 6.45) is 3.95. The van der Waals surface area contributed by atoms with E-state index in [2.05, 4.69) is 39.7 Å². The fourth-order valence-electron chi connectivity index (χ4n) is 1.83. The van der Waals surface area contributed by atoms with Crippen molar-refractivity contribution < 1.29 is 0 Å². The maximum absolute atomic E-state index is 5.64. The van der Waals surface area contributed by atoms with Crippen molar-refractivity contribution in [3.63, 3.8) is 0 Å². The molecule has 0 aliphatic carbocycles. The number of nitrogens with two attached hydrogens (primary N) is 1. The monoisotopic (exact) mass is 262 g/mol. The molecule has 2 heterocycles.